The fourth-order valence-electron chi connectivity index (χ4n) is 4.39. The minimum absolute atomic E-state index is 0.247. The predicted octanol–water partition coefficient (Wildman–Crippen LogP) is 3.78. The minimum Gasteiger partial charge on any atom is -0.423 e. The molecule has 3 heterocycles. The van der Waals surface area contributed by atoms with Crippen LogP contribution in [-0.2, 0) is 0 Å². The Morgan fingerprint density at radius 3 is 2.43 bits per heavy atom. The minimum atomic E-state index is -1.09. The number of pyridine rings is 1. The van der Waals surface area contributed by atoms with E-state index in [1.165, 1.54) is 10.6 Å². The van der Waals surface area contributed by atoms with Crippen LogP contribution >= 0.6 is 0 Å². The third-order valence-electron chi connectivity index (χ3n) is 5.56. The van der Waals surface area contributed by atoms with E-state index in [1.807, 2.05) is 36.4 Å². The third kappa shape index (κ3) is 1.78. The highest BCUT2D eigenvalue weighted by Gasteiger charge is 2.29. The Kier molecular flexibility index (Phi) is 2.84. The van der Waals surface area contributed by atoms with Crippen molar-refractivity contribution in [1.82, 2.24) is 4.57 Å². The number of aliphatic hydroxyl groups is 1. The number of aliphatic hydroxyl groups excluding tert-OH is 1. The van der Waals surface area contributed by atoms with E-state index in [0.717, 1.165) is 27.3 Å². The first-order valence-electron chi connectivity index (χ1n) is 8.96. The van der Waals surface area contributed by atoms with E-state index < -0.39 is 11.9 Å². The average molecular weight is 367 g/mol. The van der Waals surface area contributed by atoms with Crippen molar-refractivity contribution in [3.05, 3.63) is 93.1 Å². The van der Waals surface area contributed by atoms with E-state index in [2.05, 4.69) is 0 Å². The van der Waals surface area contributed by atoms with E-state index in [-0.39, 0.29) is 5.56 Å². The number of nitrogens with zero attached hydrogens (tertiary/aromatic N) is 1. The van der Waals surface area contributed by atoms with Crippen LogP contribution in [0.1, 0.15) is 11.8 Å². The number of fused-ring (bicyclic) bond motifs is 6. The van der Waals surface area contributed by atoms with Crippen molar-refractivity contribution in [1.29, 1.82) is 0 Å². The van der Waals surface area contributed by atoms with Gasteiger partial charge in [-0.1, -0.05) is 42.5 Å². The summed E-state index contributed by atoms with van der Waals surface area (Å²) < 4.78 is 6.94. The molecule has 1 atom stereocenters. The number of benzene rings is 3. The largest absolute Gasteiger partial charge is 0.423 e. The Bertz CT molecular complexity index is 1580. The standard InChI is InChI=1S/C23H13NO4/c25-19-10-9-16-18(28-19)11-17-12-5-1-3-7-14(12)22(26)24-21(17)20(16)13-6-2-4-8-15(13)23(24)27/h1-11,23,27H. The first kappa shape index (κ1) is 15.4. The zero-order chi connectivity index (χ0) is 19.0. The predicted molar refractivity (Wildman–Crippen MR) is 108 cm³/mol. The molecular formula is C23H13NO4. The molecule has 0 saturated carbocycles. The van der Waals surface area contributed by atoms with E-state index in [4.69, 9.17) is 4.42 Å². The van der Waals surface area contributed by atoms with Gasteiger partial charge in [0.15, 0.2) is 6.23 Å². The molecule has 5 heteroatoms. The maximum Gasteiger partial charge on any atom is 0.336 e. The summed E-state index contributed by atoms with van der Waals surface area (Å²) in [5.41, 5.74) is 2.69. The number of hydrogen-bond acceptors (Lipinski definition) is 4. The molecule has 0 aliphatic carbocycles. The Hall–Kier alpha value is -3.70. The lowest BCUT2D eigenvalue weighted by Crippen LogP contribution is -2.29. The molecule has 5 aromatic rings. The van der Waals surface area contributed by atoms with E-state index in [1.54, 1.807) is 24.3 Å². The summed E-state index contributed by atoms with van der Waals surface area (Å²) in [6.45, 7) is 0. The van der Waals surface area contributed by atoms with E-state index in [0.29, 0.717) is 22.0 Å². The molecule has 28 heavy (non-hydrogen) atoms. The topological polar surface area (TPSA) is 72.4 Å². The average Bonchev–Trinajstić information content (AvgIpc) is 2.72. The summed E-state index contributed by atoms with van der Waals surface area (Å²) in [4.78, 5) is 25.2. The van der Waals surface area contributed by atoms with Crippen molar-refractivity contribution in [2.45, 2.75) is 6.23 Å². The molecule has 0 fully saturated rings. The molecule has 0 spiro atoms. The maximum atomic E-state index is 13.3. The summed E-state index contributed by atoms with van der Waals surface area (Å²) in [6.07, 6.45) is -1.09. The van der Waals surface area contributed by atoms with Gasteiger partial charge in [0.1, 0.15) is 5.58 Å². The smallest absolute Gasteiger partial charge is 0.336 e. The van der Waals surface area contributed by atoms with Crippen LogP contribution in [-0.4, -0.2) is 9.67 Å². The maximum absolute atomic E-state index is 13.3. The Morgan fingerprint density at radius 1 is 0.821 bits per heavy atom. The van der Waals surface area contributed by atoms with Gasteiger partial charge in [0.25, 0.3) is 5.56 Å². The molecule has 1 aliphatic rings. The molecule has 0 amide bonds. The molecule has 5 nitrogen and oxygen atoms in total. The fraction of sp³-hybridized carbons (Fsp3) is 0.0435. The molecule has 3 aromatic carbocycles. The van der Waals surface area contributed by atoms with Crippen molar-refractivity contribution < 1.29 is 9.52 Å². The third-order valence-corrected chi connectivity index (χ3v) is 5.56. The zero-order valence-corrected chi connectivity index (χ0v) is 14.5. The highest BCUT2D eigenvalue weighted by molar-refractivity contribution is 6.18. The van der Waals surface area contributed by atoms with Crippen LogP contribution in [0, 0.1) is 0 Å². The highest BCUT2D eigenvalue weighted by Crippen LogP contribution is 2.44. The van der Waals surface area contributed by atoms with Gasteiger partial charge in [-0.15, -0.1) is 0 Å². The van der Waals surface area contributed by atoms with Crippen LogP contribution in [0.5, 0.6) is 0 Å². The van der Waals surface area contributed by atoms with Crippen molar-refractivity contribution in [2.24, 2.45) is 0 Å². The van der Waals surface area contributed by atoms with Crippen molar-refractivity contribution in [3.63, 3.8) is 0 Å². The van der Waals surface area contributed by atoms with E-state index >= 15 is 0 Å². The van der Waals surface area contributed by atoms with Crippen molar-refractivity contribution >= 4 is 32.6 Å². The highest BCUT2D eigenvalue weighted by atomic mass is 16.4. The second-order valence-electron chi connectivity index (χ2n) is 7.00. The normalized spacial score (nSPS) is 15.2. The molecule has 0 radical (unpaired) electrons. The van der Waals surface area contributed by atoms with Crippen molar-refractivity contribution in [2.75, 3.05) is 0 Å². The van der Waals surface area contributed by atoms with Gasteiger partial charge in [-0.3, -0.25) is 9.36 Å². The lowest BCUT2D eigenvalue weighted by atomic mass is 9.88. The Morgan fingerprint density at radius 2 is 1.57 bits per heavy atom. The first-order valence-corrected chi connectivity index (χ1v) is 8.96. The van der Waals surface area contributed by atoms with E-state index in [9.17, 15) is 14.7 Å². The lowest BCUT2D eigenvalue weighted by Gasteiger charge is -2.28. The van der Waals surface area contributed by atoms with Gasteiger partial charge >= 0.3 is 5.63 Å². The van der Waals surface area contributed by atoms with Crippen LogP contribution in [0.25, 0.3) is 43.8 Å². The van der Waals surface area contributed by atoms with Crippen LogP contribution in [0.4, 0.5) is 0 Å². The molecule has 1 aliphatic heterocycles. The molecule has 134 valence electrons. The van der Waals surface area contributed by atoms with Gasteiger partial charge in [0.05, 0.1) is 5.52 Å². The van der Waals surface area contributed by atoms with Crippen LogP contribution < -0.4 is 11.2 Å². The zero-order valence-electron chi connectivity index (χ0n) is 14.5. The molecule has 6 rings (SSSR count). The molecule has 0 saturated heterocycles. The Balaban J connectivity index is 2.03. The molecule has 1 N–H and O–H groups in total. The summed E-state index contributed by atoms with van der Waals surface area (Å²) in [6, 6.07) is 19.6. The second-order valence-corrected chi connectivity index (χ2v) is 7.00. The van der Waals surface area contributed by atoms with Crippen LogP contribution in [0.3, 0.4) is 0 Å². The SMILES string of the molecule is O=c1ccc2c3c4c(cc2o1)c1ccccc1c(=O)n4C(O)c1ccccc1-3. The monoisotopic (exact) mass is 367 g/mol. The molecular weight excluding hydrogens is 354 g/mol. The summed E-state index contributed by atoms with van der Waals surface area (Å²) in [5.74, 6) is 0. The Labute approximate surface area is 157 Å². The lowest BCUT2D eigenvalue weighted by molar-refractivity contribution is 0.147. The van der Waals surface area contributed by atoms with Crippen LogP contribution in [0.15, 0.2) is 80.7 Å². The van der Waals surface area contributed by atoms with Gasteiger partial charge in [-0.25, -0.2) is 4.79 Å². The molecule has 1 unspecified atom stereocenters. The number of aromatic nitrogens is 1. The van der Waals surface area contributed by atoms with Gasteiger partial charge in [0.2, 0.25) is 0 Å². The number of rotatable bonds is 0. The first-order chi connectivity index (χ1) is 13.6. The summed E-state index contributed by atoms with van der Waals surface area (Å²) in [5, 5.41) is 13.8. The van der Waals surface area contributed by atoms with Gasteiger partial charge in [0, 0.05) is 33.4 Å². The van der Waals surface area contributed by atoms with Gasteiger partial charge in [-0.05, 0) is 29.1 Å². The number of hydrogen-bond donors (Lipinski definition) is 1. The van der Waals surface area contributed by atoms with Crippen molar-refractivity contribution in [3.8, 4) is 11.1 Å². The molecule has 2 aromatic heterocycles. The summed E-state index contributed by atoms with van der Waals surface area (Å²) >= 11 is 0. The quantitative estimate of drug-likeness (QED) is 0.257. The second kappa shape index (κ2) is 5.18. The van der Waals surface area contributed by atoms with Crippen LogP contribution in [0.2, 0.25) is 0 Å². The fourth-order valence-corrected chi connectivity index (χ4v) is 4.39. The molecule has 0 bridgehead atoms. The van der Waals surface area contributed by atoms with Gasteiger partial charge < -0.3 is 9.52 Å². The summed E-state index contributed by atoms with van der Waals surface area (Å²) in [7, 11) is 0. The van der Waals surface area contributed by atoms with Gasteiger partial charge in [-0.2, -0.15) is 0 Å².